The maximum atomic E-state index is 4.53. The largest absolute Gasteiger partial charge is 0.274 e. The van der Waals surface area contributed by atoms with Gasteiger partial charge in [-0.3, -0.25) is 9.98 Å². The van der Waals surface area contributed by atoms with E-state index in [0.717, 1.165) is 19.7 Å². The van der Waals surface area contributed by atoms with Crippen molar-refractivity contribution in [3.05, 3.63) is 8.47 Å². The van der Waals surface area contributed by atoms with Crippen LogP contribution in [0.5, 0.6) is 0 Å². The highest BCUT2D eigenvalue weighted by Gasteiger charge is 2.44. The van der Waals surface area contributed by atoms with Gasteiger partial charge in [-0.15, -0.1) is 47.0 Å². The molecule has 0 amide bonds. The minimum Gasteiger partial charge on any atom is -0.274 e. The van der Waals surface area contributed by atoms with Gasteiger partial charge in [0.1, 0.15) is 10.7 Å². The van der Waals surface area contributed by atoms with Gasteiger partial charge in [-0.05, 0) is 0 Å². The Bertz CT molecular complexity index is 462. The van der Waals surface area contributed by atoms with Crippen LogP contribution in [0.1, 0.15) is 13.8 Å². The maximum absolute atomic E-state index is 4.53. The molecule has 0 radical (unpaired) electrons. The molecule has 0 bridgehead atoms. The van der Waals surface area contributed by atoms with Crippen molar-refractivity contribution in [1.29, 1.82) is 0 Å². The molecule has 6 atom stereocenters. The summed E-state index contributed by atoms with van der Waals surface area (Å²) in [5, 5.41) is 2.13. The van der Waals surface area contributed by atoms with Crippen LogP contribution in [0, 0.1) is 0 Å². The highest BCUT2D eigenvalue weighted by atomic mass is 32.3. The molecule has 0 aliphatic carbocycles. The molecule has 0 N–H and O–H groups in total. The third-order valence-electron chi connectivity index (χ3n) is 3.43. The molecule has 8 heteroatoms. The quantitative estimate of drug-likeness (QED) is 0.601. The van der Waals surface area contributed by atoms with E-state index < -0.39 is 0 Å². The minimum absolute atomic E-state index is 0.300. The molecule has 4 unspecified atom stereocenters. The van der Waals surface area contributed by atoms with Crippen LogP contribution in [0.4, 0.5) is 0 Å². The average Bonchev–Trinajstić information content (AvgIpc) is 3.02. The second kappa shape index (κ2) is 6.00. The average molecular weight is 379 g/mol. The van der Waals surface area contributed by atoms with Crippen LogP contribution in [0.2, 0.25) is 0 Å². The summed E-state index contributed by atoms with van der Waals surface area (Å²) in [5.41, 5.74) is 0. The number of hydrogen-bond donors (Lipinski definition) is 0. The van der Waals surface area contributed by atoms with Crippen molar-refractivity contribution in [3.63, 3.8) is 0 Å². The number of hydrogen-bond acceptors (Lipinski definition) is 8. The molecular formula is C12H14N2S6. The number of rotatable bonds is 0. The van der Waals surface area contributed by atoms with Gasteiger partial charge in [0, 0.05) is 22.9 Å². The SMILES string of the molecule is C[C@@H]1SC2SC(=C3SC4N=CC=NC4S3)SC2S[C@H]1C. The van der Waals surface area contributed by atoms with Crippen LogP contribution in [0.25, 0.3) is 0 Å². The zero-order valence-electron chi connectivity index (χ0n) is 11.0. The van der Waals surface area contributed by atoms with E-state index in [4.69, 9.17) is 0 Å². The van der Waals surface area contributed by atoms with Crippen molar-refractivity contribution in [2.75, 3.05) is 0 Å². The Morgan fingerprint density at radius 1 is 0.750 bits per heavy atom. The summed E-state index contributed by atoms with van der Waals surface area (Å²) in [6.45, 7) is 4.73. The Hall–Kier alpha value is 1.18. The molecule has 3 fully saturated rings. The van der Waals surface area contributed by atoms with Crippen molar-refractivity contribution < 1.29 is 0 Å². The maximum Gasteiger partial charge on any atom is 0.132 e. The summed E-state index contributed by atoms with van der Waals surface area (Å²) in [7, 11) is 0. The second-order valence-corrected chi connectivity index (χ2v) is 13.6. The first-order valence-corrected chi connectivity index (χ1v) is 11.9. The lowest BCUT2D eigenvalue weighted by Crippen LogP contribution is -2.27. The van der Waals surface area contributed by atoms with E-state index in [2.05, 4.69) is 70.9 Å². The number of nitrogens with zero attached hydrogens (tertiary/aromatic N) is 2. The minimum atomic E-state index is 0.300. The van der Waals surface area contributed by atoms with E-state index in [9.17, 15) is 0 Å². The summed E-state index contributed by atoms with van der Waals surface area (Å²) in [4.78, 5) is 9.07. The Labute approximate surface area is 145 Å². The molecule has 4 rings (SSSR count). The van der Waals surface area contributed by atoms with E-state index in [1.165, 1.54) is 8.47 Å². The Balaban J connectivity index is 1.52. The standard InChI is InChI=1S/C12H14N2S6/c1-5-6(2)16-10-9(15-5)19-12(20-10)11-17-7-8(18-11)14-4-3-13-7/h3-10H,1-2H3/t5-,6-,7?,8?,9?,10?/m0/s1. The summed E-state index contributed by atoms with van der Waals surface area (Å²) >= 11 is 12.3. The lowest BCUT2D eigenvalue weighted by molar-refractivity contribution is 0.869. The van der Waals surface area contributed by atoms with Crippen LogP contribution in [-0.4, -0.2) is 42.8 Å². The van der Waals surface area contributed by atoms with Gasteiger partial charge in [0.25, 0.3) is 0 Å². The first kappa shape index (κ1) is 14.8. The lowest BCUT2D eigenvalue weighted by atomic mass is 10.4. The predicted molar refractivity (Wildman–Crippen MR) is 104 cm³/mol. The zero-order chi connectivity index (χ0) is 13.7. The molecule has 0 aromatic rings. The predicted octanol–water partition coefficient (Wildman–Crippen LogP) is 4.79. The zero-order valence-corrected chi connectivity index (χ0v) is 15.9. The molecule has 20 heavy (non-hydrogen) atoms. The van der Waals surface area contributed by atoms with Gasteiger partial charge >= 0.3 is 0 Å². The molecule has 4 aliphatic heterocycles. The van der Waals surface area contributed by atoms with Crippen molar-refractivity contribution in [2.24, 2.45) is 9.98 Å². The van der Waals surface area contributed by atoms with Crippen LogP contribution < -0.4 is 0 Å². The number of fused-ring (bicyclic) bond motifs is 2. The summed E-state index contributed by atoms with van der Waals surface area (Å²) in [6, 6.07) is 0. The van der Waals surface area contributed by atoms with E-state index in [-0.39, 0.29) is 0 Å². The molecule has 4 aliphatic rings. The fourth-order valence-electron chi connectivity index (χ4n) is 2.19. The number of aliphatic imine (C=N–C) groups is 2. The van der Waals surface area contributed by atoms with Gasteiger partial charge in [-0.25, -0.2) is 0 Å². The van der Waals surface area contributed by atoms with E-state index >= 15 is 0 Å². The monoisotopic (exact) mass is 378 g/mol. The number of thioether (sulfide) groups is 6. The topological polar surface area (TPSA) is 24.7 Å². The Morgan fingerprint density at radius 3 is 1.70 bits per heavy atom. The molecule has 3 saturated heterocycles. The summed E-state index contributed by atoms with van der Waals surface area (Å²) in [6.07, 6.45) is 3.68. The second-order valence-electron chi connectivity index (χ2n) is 4.84. The molecule has 0 saturated carbocycles. The van der Waals surface area contributed by atoms with Gasteiger partial charge in [0.05, 0.1) is 17.6 Å². The van der Waals surface area contributed by atoms with Gasteiger partial charge in [-0.2, -0.15) is 0 Å². The van der Waals surface area contributed by atoms with Gasteiger partial charge < -0.3 is 0 Å². The summed E-state index contributed by atoms with van der Waals surface area (Å²) < 4.78 is 4.42. The fraction of sp³-hybridized carbons (Fsp3) is 0.667. The molecule has 108 valence electrons. The lowest BCUT2D eigenvalue weighted by Gasteiger charge is -2.32. The molecule has 0 aromatic heterocycles. The highest BCUT2D eigenvalue weighted by Crippen LogP contribution is 2.64. The smallest absolute Gasteiger partial charge is 0.132 e. The van der Waals surface area contributed by atoms with Crippen LogP contribution >= 0.6 is 70.6 Å². The van der Waals surface area contributed by atoms with Crippen LogP contribution in [-0.2, 0) is 0 Å². The third kappa shape index (κ3) is 2.73. The van der Waals surface area contributed by atoms with Crippen LogP contribution in [0.3, 0.4) is 0 Å². The molecule has 2 nitrogen and oxygen atoms in total. The van der Waals surface area contributed by atoms with Crippen LogP contribution in [0.15, 0.2) is 18.5 Å². The van der Waals surface area contributed by atoms with E-state index in [1.54, 1.807) is 0 Å². The Kier molecular flexibility index (Phi) is 4.42. The molecule has 0 aromatic carbocycles. The van der Waals surface area contributed by atoms with Gasteiger partial charge in [0.2, 0.25) is 0 Å². The van der Waals surface area contributed by atoms with Gasteiger partial charge in [-0.1, -0.05) is 37.4 Å². The Morgan fingerprint density at radius 2 is 1.20 bits per heavy atom. The van der Waals surface area contributed by atoms with Crippen molar-refractivity contribution in [3.8, 4) is 0 Å². The fourth-order valence-corrected chi connectivity index (χ4v) is 13.2. The van der Waals surface area contributed by atoms with Crippen molar-refractivity contribution in [2.45, 2.75) is 44.3 Å². The van der Waals surface area contributed by atoms with Gasteiger partial charge in [0.15, 0.2) is 0 Å². The van der Waals surface area contributed by atoms with E-state index in [1.807, 2.05) is 36.0 Å². The van der Waals surface area contributed by atoms with Crippen molar-refractivity contribution in [1.82, 2.24) is 0 Å². The van der Waals surface area contributed by atoms with E-state index in [0.29, 0.717) is 10.7 Å². The molecular weight excluding hydrogens is 365 g/mol. The summed E-state index contributed by atoms with van der Waals surface area (Å²) in [5.74, 6) is 0. The first-order chi connectivity index (χ1) is 9.70. The highest BCUT2D eigenvalue weighted by molar-refractivity contribution is 8.39. The van der Waals surface area contributed by atoms with Crippen molar-refractivity contribution >= 4 is 83.0 Å². The first-order valence-electron chi connectivity index (χ1n) is 6.47. The molecule has 4 heterocycles. The molecule has 0 spiro atoms. The normalized spacial score (nSPS) is 46.7. The third-order valence-corrected chi connectivity index (χ3v) is 14.1.